The molecular formula is C26H28BrNO5. The van der Waals surface area contributed by atoms with Crippen LogP contribution in [0.1, 0.15) is 61.5 Å². The minimum atomic E-state index is -1.50. The van der Waals surface area contributed by atoms with Crippen LogP contribution >= 0.6 is 15.9 Å². The molecular weight excluding hydrogens is 486 g/mol. The topological polar surface area (TPSA) is 83.9 Å². The van der Waals surface area contributed by atoms with Crippen LogP contribution in [0.3, 0.4) is 0 Å². The summed E-state index contributed by atoms with van der Waals surface area (Å²) in [6.07, 6.45) is 1.05. The summed E-state index contributed by atoms with van der Waals surface area (Å²) in [6.45, 7) is 5.42. The summed E-state index contributed by atoms with van der Waals surface area (Å²) in [4.78, 5) is 39.6. The Morgan fingerprint density at radius 1 is 1.06 bits per heavy atom. The fourth-order valence-electron chi connectivity index (χ4n) is 4.90. The van der Waals surface area contributed by atoms with Crippen LogP contribution in [0.15, 0.2) is 40.9 Å². The Morgan fingerprint density at radius 2 is 1.70 bits per heavy atom. The lowest BCUT2D eigenvalue weighted by molar-refractivity contribution is -0.167. The van der Waals surface area contributed by atoms with E-state index in [0.29, 0.717) is 12.0 Å². The molecule has 4 rings (SSSR count). The number of ether oxygens (including phenoxy) is 1. The minimum absolute atomic E-state index is 0.207. The molecule has 33 heavy (non-hydrogen) atoms. The molecule has 6 nitrogen and oxygen atoms in total. The van der Waals surface area contributed by atoms with Crippen molar-refractivity contribution >= 4 is 33.8 Å². The minimum Gasteiger partial charge on any atom is -0.465 e. The van der Waals surface area contributed by atoms with Gasteiger partial charge in [-0.1, -0.05) is 34.1 Å². The van der Waals surface area contributed by atoms with E-state index in [4.69, 9.17) is 4.74 Å². The molecule has 0 radical (unpaired) electrons. The number of halogens is 1. The maximum Gasteiger partial charge on any atom is 0.408 e. The van der Waals surface area contributed by atoms with E-state index >= 15 is 0 Å². The maximum absolute atomic E-state index is 13.4. The molecule has 0 spiro atoms. The Bertz CT molecular complexity index is 1140. The Morgan fingerprint density at radius 3 is 2.33 bits per heavy atom. The number of esters is 1. The van der Waals surface area contributed by atoms with Gasteiger partial charge < -0.3 is 9.84 Å². The second-order valence-electron chi connectivity index (χ2n) is 9.84. The second kappa shape index (κ2) is 8.60. The molecule has 2 aromatic rings. The number of carboxylic acid groups (broad SMARTS) is 1. The maximum atomic E-state index is 13.4. The van der Waals surface area contributed by atoms with E-state index in [1.807, 2.05) is 18.2 Å². The summed E-state index contributed by atoms with van der Waals surface area (Å²) >= 11 is 3.52. The molecule has 0 saturated carbocycles. The molecule has 2 aliphatic rings. The van der Waals surface area contributed by atoms with Crippen LogP contribution in [0.4, 0.5) is 4.79 Å². The van der Waals surface area contributed by atoms with Crippen LogP contribution in [0.2, 0.25) is 0 Å². The first kappa shape index (κ1) is 23.5. The molecule has 1 amide bonds. The van der Waals surface area contributed by atoms with E-state index in [9.17, 15) is 19.5 Å². The lowest BCUT2D eigenvalue weighted by Gasteiger charge is -2.36. The molecule has 1 heterocycles. The third-order valence-electron chi connectivity index (χ3n) is 6.40. The van der Waals surface area contributed by atoms with Gasteiger partial charge >= 0.3 is 12.1 Å². The zero-order valence-electron chi connectivity index (χ0n) is 19.1. The van der Waals surface area contributed by atoms with Crippen molar-refractivity contribution in [3.63, 3.8) is 0 Å². The van der Waals surface area contributed by atoms with Gasteiger partial charge in [0.15, 0.2) is 11.3 Å². The van der Waals surface area contributed by atoms with Gasteiger partial charge in [-0.25, -0.2) is 9.59 Å². The number of likely N-dealkylation sites (tertiary alicyclic amines) is 1. The summed E-state index contributed by atoms with van der Waals surface area (Å²) < 4.78 is 6.63. The van der Waals surface area contributed by atoms with Crippen molar-refractivity contribution in [1.29, 1.82) is 0 Å². The van der Waals surface area contributed by atoms with E-state index < -0.39 is 23.2 Å². The van der Waals surface area contributed by atoms with Gasteiger partial charge in [-0.05, 0) is 86.9 Å². The van der Waals surface area contributed by atoms with E-state index in [2.05, 4.69) is 28.1 Å². The highest BCUT2D eigenvalue weighted by Crippen LogP contribution is 2.38. The molecule has 1 aliphatic carbocycles. The predicted molar refractivity (Wildman–Crippen MR) is 128 cm³/mol. The number of hydrogen-bond donors (Lipinski definition) is 1. The number of Topliss-reactive ketones (excluding diaryl/α,β-unsaturated/α-hetero) is 1. The molecule has 1 unspecified atom stereocenters. The van der Waals surface area contributed by atoms with Crippen molar-refractivity contribution in [2.45, 2.75) is 64.0 Å². The van der Waals surface area contributed by atoms with E-state index in [1.165, 1.54) is 5.56 Å². The fourth-order valence-corrected chi connectivity index (χ4v) is 5.31. The van der Waals surface area contributed by atoms with Crippen molar-refractivity contribution in [2.75, 3.05) is 6.54 Å². The van der Waals surface area contributed by atoms with E-state index in [0.717, 1.165) is 38.9 Å². The number of amides is 1. The highest BCUT2D eigenvalue weighted by Gasteiger charge is 2.53. The number of aryl methyl sites for hydroxylation is 2. The van der Waals surface area contributed by atoms with Crippen LogP contribution in [0, 0.1) is 0 Å². The number of nitrogens with zero attached hydrogens (tertiary/aromatic N) is 1. The van der Waals surface area contributed by atoms with Crippen LogP contribution in [0.25, 0.3) is 11.1 Å². The Labute approximate surface area is 202 Å². The van der Waals surface area contributed by atoms with Gasteiger partial charge in [-0.15, -0.1) is 0 Å². The van der Waals surface area contributed by atoms with Gasteiger partial charge in [0, 0.05) is 23.0 Å². The summed E-state index contributed by atoms with van der Waals surface area (Å²) in [5, 5.41) is 9.75. The molecule has 174 valence electrons. The smallest absolute Gasteiger partial charge is 0.408 e. The van der Waals surface area contributed by atoms with Crippen molar-refractivity contribution in [3.05, 3.63) is 57.6 Å². The van der Waals surface area contributed by atoms with Crippen molar-refractivity contribution in [3.8, 4) is 11.1 Å². The predicted octanol–water partition coefficient (Wildman–Crippen LogP) is 5.64. The largest absolute Gasteiger partial charge is 0.465 e. The molecule has 2 aromatic carbocycles. The lowest BCUT2D eigenvalue weighted by atomic mass is 9.83. The number of fused-ring (bicyclic) bond motifs is 3. The van der Waals surface area contributed by atoms with Gasteiger partial charge in [-0.3, -0.25) is 9.69 Å². The third-order valence-corrected chi connectivity index (χ3v) is 6.89. The third kappa shape index (κ3) is 4.56. The zero-order chi connectivity index (χ0) is 24.0. The summed E-state index contributed by atoms with van der Waals surface area (Å²) in [7, 11) is 0. The highest BCUT2D eigenvalue weighted by atomic mass is 79.9. The number of rotatable bonds is 4. The van der Waals surface area contributed by atoms with Crippen LogP contribution in [-0.2, 0) is 22.4 Å². The lowest BCUT2D eigenvalue weighted by Crippen LogP contribution is -2.56. The fraction of sp³-hybridized carbons (Fsp3) is 0.423. The van der Waals surface area contributed by atoms with Crippen LogP contribution in [0.5, 0.6) is 0 Å². The Balaban J connectivity index is 1.65. The number of benzene rings is 2. The zero-order valence-corrected chi connectivity index (χ0v) is 20.7. The van der Waals surface area contributed by atoms with E-state index in [1.54, 1.807) is 26.8 Å². The first-order valence-corrected chi connectivity index (χ1v) is 12.0. The monoisotopic (exact) mass is 513 g/mol. The van der Waals surface area contributed by atoms with Gasteiger partial charge in [0.25, 0.3) is 0 Å². The Hall–Kier alpha value is -2.67. The number of ketones is 1. The van der Waals surface area contributed by atoms with Crippen molar-refractivity contribution in [1.82, 2.24) is 4.90 Å². The van der Waals surface area contributed by atoms with Crippen molar-refractivity contribution in [2.24, 2.45) is 0 Å². The standard InChI is InChI=1S/C26H28BrNO5/c1-25(2,3)33-23(30)26(11-4-12-28(26)24(31)32)15-22(29)18-7-9-20-16(13-18)5-6-17-14-19(27)8-10-21(17)20/h7-10,13-14H,4-6,11-12,15H2,1-3H3,(H,31,32). The van der Waals surface area contributed by atoms with Crippen molar-refractivity contribution < 1.29 is 24.2 Å². The average molecular weight is 514 g/mol. The van der Waals surface area contributed by atoms with Gasteiger partial charge in [0.2, 0.25) is 0 Å². The number of carbonyl (C=O) groups excluding carboxylic acids is 2. The van der Waals surface area contributed by atoms with Gasteiger partial charge in [0.1, 0.15) is 5.60 Å². The first-order chi connectivity index (χ1) is 15.5. The molecule has 1 atom stereocenters. The number of hydrogen-bond acceptors (Lipinski definition) is 4. The normalized spacial score (nSPS) is 19.6. The molecule has 1 fully saturated rings. The summed E-state index contributed by atoms with van der Waals surface area (Å²) in [5.74, 6) is -0.904. The molecule has 0 aromatic heterocycles. The number of carbonyl (C=O) groups is 3. The molecule has 1 saturated heterocycles. The molecule has 1 N–H and O–H groups in total. The van der Waals surface area contributed by atoms with Crippen LogP contribution in [-0.4, -0.2) is 45.5 Å². The molecule has 0 bridgehead atoms. The first-order valence-electron chi connectivity index (χ1n) is 11.2. The second-order valence-corrected chi connectivity index (χ2v) is 10.8. The molecule has 7 heteroatoms. The quantitative estimate of drug-likeness (QED) is 0.422. The Kier molecular flexibility index (Phi) is 6.12. The SMILES string of the molecule is CC(C)(C)OC(=O)C1(CC(=O)c2ccc3c(c2)CCc2cc(Br)ccc2-3)CCCN1C(=O)O. The van der Waals surface area contributed by atoms with Crippen LogP contribution < -0.4 is 0 Å². The van der Waals surface area contributed by atoms with Gasteiger partial charge in [0.05, 0.1) is 0 Å². The summed E-state index contributed by atoms with van der Waals surface area (Å²) in [5.41, 5.74) is 2.84. The highest BCUT2D eigenvalue weighted by molar-refractivity contribution is 9.10. The molecule has 1 aliphatic heterocycles. The average Bonchev–Trinajstić information content (AvgIpc) is 3.17. The van der Waals surface area contributed by atoms with E-state index in [-0.39, 0.29) is 25.2 Å². The summed E-state index contributed by atoms with van der Waals surface area (Å²) in [6, 6.07) is 11.9. The van der Waals surface area contributed by atoms with Gasteiger partial charge in [-0.2, -0.15) is 0 Å².